The molecule has 1 aromatic heterocycles. The molecule has 0 bridgehead atoms. The molecule has 2 aromatic carbocycles. The first kappa shape index (κ1) is 20.9. The zero-order chi connectivity index (χ0) is 21.8. The van der Waals surface area contributed by atoms with Crippen LogP contribution in [0, 0.1) is 6.92 Å². The number of carbonyl (C=O) groups is 2. The molecule has 4 rings (SSSR count). The maximum atomic E-state index is 13.2. The maximum Gasteiger partial charge on any atom is 0.225 e. The second kappa shape index (κ2) is 9.21. The van der Waals surface area contributed by atoms with Crippen LogP contribution in [-0.2, 0) is 4.79 Å². The summed E-state index contributed by atoms with van der Waals surface area (Å²) in [5, 5.41) is 0. The minimum absolute atomic E-state index is 0.000236. The molecule has 160 valence electrons. The Morgan fingerprint density at radius 1 is 0.871 bits per heavy atom. The fourth-order valence-corrected chi connectivity index (χ4v) is 4.16. The predicted molar refractivity (Wildman–Crippen MR) is 124 cm³/mol. The van der Waals surface area contributed by atoms with E-state index < -0.39 is 0 Å². The van der Waals surface area contributed by atoms with E-state index in [1.54, 1.807) is 6.92 Å². The summed E-state index contributed by atoms with van der Waals surface area (Å²) in [6, 6.07) is 20.2. The van der Waals surface area contributed by atoms with Gasteiger partial charge in [0.15, 0.2) is 5.78 Å². The van der Waals surface area contributed by atoms with Crippen LogP contribution in [0.25, 0.3) is 0 Å². The van der Waals surface area contributed by atoms with Crippen LogP contribution < -0.4 is 4.90 Å². The molecule has 0 aliphatic carbocycles. The highest BCUT2D eigenvalue weighted by Gasteiger charge is 2.25. The van der Waals surface area contributed by atoms with Gasteiger partial charge in [0.25, 0.3) is 0 Å². The van der Waals surface area contributed by atoms with Crippen molar-refractivity contribution in [2.24, 2.45) is 0 Å². The Bertz CT molecular complexity index is 1020. The number of ketones is 1. The Morgan fingerprint density at radius 2 is 1.48 bits per heavy atom. The Balaban J connectivity index is 1.40. The zero-order valence-electron chi connectivity index (χ0n) is 18.2. The number of nitrogens with zero attached hydrogens (tertiary/aromatic N) is 3. The van der Waals surface area contributed by atoms with Crippen LogP contribution in [0.2, 0.25) is 0 Å². The summed E-state index contributed by atoms with van der Waals surface area (Å²) >= 11 is 0. The van der Waals surface area contributed by atoms with Crippen LogP contribution in [0.5, 0.6) is 0 Å². The molecule has 1 atom stereocenters. The van der Waals surface area contributed by atoms with Gasteiger partial charge in [0.05, 0.1) is 12.5 Å². The van der Waals surface area contributed by atoms with Crippen molar-refractivity contribution >= 4 is 17.4 Å². The number of aromatic nitrogens is 1. The quantitative estimate of drug-likeness (QED) is 0.563. The summed E-state index contributed by atoms with van der Waals surface area (Å²) in [4.78, 5) is 28.9. The average Bonchev–Trinajstić information content (AvgIpc) is 3.33. The molecule has 0 saturated carbocycles. The summed E-state index contributed by atoms with van der Waals surface area (Å²) in [5.74, 6) is 0.263. The Morgan fingerprint density at radius 3 is 2.06 bits per heavy atom. The number of anilines is 1. The number of benzene rings is 2. The van der Waals surface area contributed by atoms with Crippen LogP contribution in [0.15, 0.2) is 73.1 Å². The maximum absolute atomic E-state index is 13.2. The summed E-state index contributed by atoms with van der Waals surface area (Å²) < 4.78 is 2.12. The van der Waals surface area contributed by atoms with Crippen LogP contribution in [0.4, 0.5) is 5.69 Å². The zero-order valence-corrected chi connectivity index (χ0v) is 18.2. The third-order valence-corrected chi connectivity index (χ3v) is 6.09. The average molecular weight is 416 g/mol. The fourth-order valence-electron chi connectivity index (χ4n) is 4.16. The van der Waals surface area contributed by atoms with E-state index >= 15 is 0 Å². The lowest BCUT2D eigenvalue weighted by Crippen LogP contribution is -2.49. The number of carbonyl (C=O) groups excluding carboxylic acids is 2. The fraction of sp³-hybridized carbons (Fsp3) is 0.308. The number of aryl methyl sites for hydroxylation is 1. The molecule has 0 spiro atoms. The summed E-state index contributed by atoms with van der Waals surface area (Å²) in [6.45, 7) is 6.66. The highest BCUT2D eigenvalue weighted by atomic mass is 16.2. The van der Waals surface area contributed by atoms with Crippen molar-refractivity contribution in [1.29, 1.82) is 0 Å². The number of rotatable bonds is 6. The van der Waals surface area contributed by atoms with Crippen LogP contribution in [0.1, 0.15) is 40.9 Å². The van der Waals surface area contributed by atoms with Gasteiger partial charge in [-0.1, -0.05) is 29.8 Å². The molecule has 0 N–H and O–H groups in total. The first-order valence-corrected chi connectivity index (χ1v) is 10.8. The minimum atomic E-state index is 0.000236. The van der Waals surface area contributed by atoms with Gasteiger partial charge in [0.2, 0.25) is 5.91 Å². The Kier molecular flexibility index (Phi) is 6.21. The lowest BCUT2D eigenvalue weighted by molar-refractivity contribution is -0.132. The number of amides is 1. The van der Waals surface area contributed by atoms with Gasteiger partial charge in [-0.15, -0.1) is 0 Å². The monoisotopic (exact) mass is 415 g/mol. The molecule has 1 saturated heterocycles. The van der Waals surface area contributed by atoms with Gasteiger partial charge >= 0.3 is 0 Å². The molecule has 5 nitrogen and oxygen atoms in total. The smallest absolute Gasteiger partial charge is 0.225 e. The van der Waals surface area contributed by atoms with E-state index in [0.29, 0.717) is 19.5 Å². The van der Waals surface area contributed by atoms with Gasteiger partial charge in [-0.05, 0) is 55.8 Å². The lowest BCUT2D eigenvalue weighted by atomic mass is 10.0. The van der Waals surface area contributed by atoms with Crippen molar-refractivity contribution in [3.05, 3.63) is 89.7 Å². The van der Waals surface area contributed by atoms with Crippen molar-refractivity contribution in [1.82, 2.24) is 9.47 Å². The van der Waals surface area contributed by atoms with E-state index in [1.165, 1.54) is 5.56 Å². The first-order valence-electron chi connectivity index (χ1n) is 10.8. The number of hydrogen-bond donors (Lipinski definition) is 0. The van der Waals surface area contributed by atoms with Crippen molar-refractivity contribution in [2.75, 3.05) is 31.1 Å². The molecule has 2 heterocycles. The first-order chi connectivity index (χ1) is 15.0. The van der Waals surface area contributed by atoms with Crippen molar-refractivity contribution in [2.45, 2.75) is 26.3 Å². The van der Waals surface area contributed by atoms with Crippen LogP contribution in [0.3, 0.4) is 0 Å². The number of Topliss-reactive ketones (excluding diaryl/α,β-unsaturated/α-hetero) is 1. The largest absolute Gasteiger partial charge is 0.368 e. The summed E-state index contributed by atoms with van der Waals surface area (Å²) in [6.07, 6.45) is 4.51. The molecule has 5 heteroatoms. The summed E-state index contributed by atoms with van der Waals surface area (Å²) in [5.41, 5.74) is 4.19. The number of hydrogen-bond acceptors (Lipinski definition) is 3. The molecule has 1 unspecified atom stereocenters. The van der Waals surface area contributed by atoms with Crippen LogP contribution in [-0.4, -0.2) is 47.3 Å². The van der Waals surface area contributed by atoms with Gasteiger partial charge in [-0.2, -0.15) is 0 Å². The number of piperazine rings is 1. The van der Waals surface area contributed by atoms with Gasteiger partial charge in [-0.3, -0.25) is 9.59 Å². The molecule has 3 aromatic rings. The molecule has 1 amide bonds. The van der Waals surface area contributed by atoms with Crippen molar-refractivity contribution < 1.29 is 9.59 Å². The molecule has 1 aliphatic heterocycles. The van der Waals surface area contributed by atoms with Crippen molar-refractivity contribution in [3.63, 3.8) is 0 Å². The molecular formula is C26H29N3O2. The van der Waals surface area contributed by atoms with E-state index in [4.69, 9.17) is 0 Å². The second-order valence-corrected chi connectivity index (χ2v) is 8.23. The molecule has 31 heavy (non-hydrogen) atoms. The molecule has 1 aliphatic rings. The second-order valence-electron chi connectivity index (χ2n) is 8.23. The molecule has 1 fully saturated rings. The Labute approximate surface area is 183 Å². The van der Waals surface area contributed by atoms with Gasteiger partial charge in [0.1, 0.15) is 0 Å². The summed E-state index contributed by atoms with van der Waals surface area (Å²) in [7, 11) is 0. The van der Waals surface area contributed by atoms with E-state index in [2.05, 4.69) is 40.7 Å². The molecular weight excluding hydrogens is 386 g/mol. The normalized spacial score (nSPS) is 15.0. The highest BCUT2D eigenvalue weighted by Crippen LogP contribution is 2.25. The van der Waals surface area contributed by atoms with Gasteiger partial charge < -0.3 is 14.4 Å². The van der Waals surface area contributed by atoms with Gasteiger partial charge in [0, 0.05) is 49.8 Å². The lowest BCUT2D eigenvalue weighted by Gasteiger charge is -2.37. The SMILES string of the molecule is CC(=O)c1ccc(N2CCN(C(=O)CC(c3ccc(C)cc3)n3cccc3)CC2)cc1. The van der Waals surface area contributed by atoms with Crippen LogP contribution >= 0.6 is 0 Å². The Hall–Kier alpha value is -3.34. The predicted octanol–water partition coefficient (Wildman–Crippen LogP) is 4.33. The van der Waals surface area contributed by atoms with E-state index in [-0.39, 0.29) is 17.7 Å². The third-order valence-electron chi connectivity index (χ3n) is 6.09. The highest BCUT2D eigenvalue weighted by molar-refractivity contribution is 5.94. The standard InChI is InChI=1S/C26H29N3O2/c1-20-5-7-23(8-6-20)25(28-13-3-4-14-28)19-26(31)29-17-15-27(16-18-29)24-11-9-22(10-12-24)21(2)30/h3-14,25H,15-19H2,1-2H3. The van der Waals surface area contributed by atoms with E-state index in [0.717, 1.165) is 29.9 Å². The topological polar surface area (TPSA) is 45.6 Å². The van der Waals surface area contributed by atoms with E-state index in [9.17, 15) is 9.59 Å². The van der Waals surface area contributed by atoms with Crippen molar-refractivity contribution in [3.8, 4) is 0 Å². The van der Waals surface area contributed by atoms with Gasteiger partial charge in [-0.25, -0.2) is 0 Å². The third kappa shape index (κ3) is 4.88. The minimum Gasteiger partial charge on any atom is -0.368 e. The van der Waals surface area contributed by atoms with E-state index in [1.807, 2.05) is 53.7 Å². The molecule has 0 radical (unpaired) electrons.